The van der Waals surface area contributed by atoms with Gasteiger partial charge in [-0.1, -0.05) is 18.2 Å². The number of benzene rings is 1. The van der Waals surface area contributed by atoms with Crippen LogP contribution in [0.15, 0.2) is 30.5 Å². The summed E-state index contributed by atoms with van der Waals surface area (Å²) in [5.74, 6) is -0.114. The van der Waals surface area contributed by atoms with Crippen LogP contribution in [-0.4, -0.2) is 23.5 Å². The molecular formula is C13H17N3O. The molecule has 0 fully saturated rings. The SMILES string of the molecule is CC(Cc1c[nH]c2ccccc12)NC(=O)CN. The number of amides is 1. The van der Waals surface area contributed by atoms with Gasteiger partial charge in [-0.05, 0) is 25.0 Å². The minimum absolute atomic E-state index is 0.0399. The molecular weight excluding hydrogens is 214 g/mol. The van der Waals surface area contributed by atoms with Crippen LogP contribution >= 0.6 is 0 Å². The molecule has 4 N–H and O–H groups in total. The van der Waals surface area contributed by atoms with Crippen LogP contribution in [0, 0.1) is 0 Å². The maximum absolute atomic E-state index is 11.2. The summed E-state index contributed by atoms with van der Waals surface area (Å²) < 4.78 is 0. The number of para-hydroxylation sites is 1. The van der Waals surface area contributed by atoms with Crippen LogP contribution < -0.4 is 11.1 Å². The molecule has 1 aromatic heterocycles. The van der Waals surface area contributed by atoms with Gasteiger partial charge in [0, 0.05) is 23.1 Å². The van der Waals surface area contributed by atoms with Crippen LogP contribution in [0.5, 0.6) is 0 Å². The Morgan fingerprint density at radius 2 is 2.24 bits per heavy atom. The van der Waals surface area contributed by atoms with Crippen molar-refractivity contribution in [1.29, 1.82) is 0 Å². The molecule has 0 saturated heterocycles. The van der Waals surface area contributed by atoms with E-state index in [1.165, 1.54) is 10.9 Å². The van der Waals surface area contributed by atoms with Crippen molar-refractivity contribution in [1.82, 2.24) is 10.3 Å². The van der Waals surface area contributed by atoms with E-state index in [1.54, 1.807) is 0 Å². The molecule has 0 aliphatic heterocycles. The summed E-state index contributed by atoms with van der Waals surface area (Å²) in [7, 11) is 0. The molecule has 0 saturated carbocycles. The summed E-state index contributed by atoms with van der Waals surface area (Å²) in [6.45, 7) is 2.02. The molecule has 2 aromatic rings. The Bertz CT molecular complexity index is 518. The van der Waals surface area contributed by atoms with E-state index in [1.807, 2.05) is 31.3 Å². The zero-order valence-electron chi connectivity index (χ0n) is 9.86. The fraction of sp³-hybridized carbons (Fsp3) is 0.308. The van der Waals surface area contributed by atoms with Gasteiger partial charge in [0.15, 0.2) is 0 Å². The smallest absolute Gasteiger partial charge is 0.233 e. The van der Waals surface area contributed by atoms with E-state index in [9.17, 15) is 4.79 Å². The van der Waals surface area contributed by atoms with Crippen molar-refractivity contribution in [2.24, 2.45) is 5.73 Å². The molecule has 17 heavy (non-hydrogen) atoms. The number of hydrogen-bond donors (Lipinski definition) is 3. The lowest BCUT2D eigenvalue weighted by Gasteiger charge is -2.12. The first-order chi connectivity index (χ1) is 8.20. The monoisotopic (exact) mass is 231 g/mol. The van der Waals surface area contributed by atoms with Gasteiger partial charge in [-0.2, -0.15) is 0 Å². The third-order valence-corrected chi connectivity index (χ3v) is 2.79. The van der Waals surface area contributed by atoms with Crippen LogP contribution in [0.3, 0.4) is 0 Å². The normalized spacial score (nSPS) is 12.6. The van der Waals surface area contributed by atoms with Gasteiger partial charge in [0.05, 0.1) is 6.54 Å². The Kier molecular flexibility index (Phi) is 3.44. The molecule has 1 amide bonds. The van der Waals surface area contributed by atoms with Crippen molar-refractivity contribution in [2.45, 2.75) is 19.4 Å². The van der Waals surface area contributed by atoms with Gasteiger partial charge in [0.1, 0.15) is 0 Å². The largest absolute Gasteiger partial charge is 0.361 e. The molecule has 0 spiro atoms. The highest BCUT2D eigenvalue weighted by Gasteiger charge is 2.09. The Hall–Kier alpha value is -1.81. The first kappa shape index (κ1) is 11.7. The number of carbonyl (C=O) groups excluding carboxylic acids is 1. The van der Waals surface area contributed by atoms with E-state index in [-0.39, 0.29) is 18.5 Å². The van der Waals surface area contributed by atoms with E-state index < -0.39 is 0 Å². The molecule has 0 aliphatic rings. The number of rotatable bonds is 4. The molecule has 1 aromatic carbocycles. The van der Waals surface area contributed by atoms with E-state index in [0.717, 1.165) is 11.9 Å². The van der Waals surface area contributed by atoms with Crippen molar-refractivity contribution in [3.8, 4) is 0 Å². The van der Waals surface area contributed by atoms with E-state index in [0.29, 0.717) is 0 Å². The standard InChI is InChI=1S/C13H17N3O/c1-9(16-13(17)7-14)6-10-8-15-12-5-3-2-4-11(10)12/h2-5,8-9,15H,6-7,14H2,1H3,(H,16,17). The fourth-order valence-corrected chi connectivity index (χ4v) is 2.02. The lowest BCUT2D eigenvalue weighted by atomic mass is 10.1. The Morgan fingerprint density at radius 1 is 1.47 bits per heavy atom. The number of carbonyl (C=O) groups is 1. The summed E-state index contributed by atoms with van der Waals surface area (Å²) in [5, 5.41) is 4.06. The number of aromatic amines is 1. The van der Waals surface area contributed by atoms with Gasteiger partial charge in [0.25, 0.3) is 0 Å². The van der Waals surface area contributed by atoms with Crippen molar-refractivity contribution in [2.75, 3.05) is 6.54 Å². The van der Waals surface area contributed by atoms with Crippen molar-refractivity contribution in [3.05, 3.63) is 36.0 Å². The number of nitrogens with one attached hydrogen (secondary N) is 2. The van der Waals surface area contributed by atoms with Crippen molar-refractivity contribution < 1.29 is 4.79 Å². The molecule has 1 heterocycles. The zero-order valence-corrected chi connectivity index (χ0v) is 9.86. The second-order valence-electron chi connectivity index (χ2n) is 4.24. The molecule has 2 rings (SSSR count). The number of aromatic nitrogens is 1. The highest BCUT2D eigenvalue weighted by atomic mass is 16.1. The van der Waals surface area contributed by atoms with Crippen LogP contribution in [0.4, 0.5) is 0 Å². The highest BCUT2D eigenvalue weighted by Crippen LogP contribution is 2.18. The molecule has 90 valence electrons. The summed E-state index contributed by atoms with van der Waals surface area (Å²) in [6.07, 6.45) is 2.80. The topological polar surface area (TPSA) is 70.9 Å². The number of hydrogen-bond acceptors (Lipinski definition) is 2. The number of H-pyrrole nitrogens is 1. The average Bonchev–Trinajstić information content (AvgIpc) is 2.72. The summed E-state index contributed by atoms with van der Waals surface area (Å²) in [4.78, 5) is 14.4. The lowest BCUT2D eigenvalue weighted by molar-refractivity contribution is -0.120. The second-order valence-corrected chi connectivity index (χ2v) is 4.24. The first-order valence-electron chi connectivity index (χ1n) is 5.75. The quantitative estimate of drug-likeness (QED) is 0.739. The summed E-state index contributed by atoms with van der Waals surface area (Å²) in [5.41, 5.74) is 7.60. The molecule has 1 unspecified atom stereocenters. The maximum Gasteiger partial charge on any atom is 0.233 e. The van der Waals surface area contributed by atoms with Crippen LogP contribution in [0.25, 0.3) is 10.9 Å². The van der Waals surface area contributed by atoms with Crippen LogP contribution in [-0.2, 0) is 11.2 Å². The van der Waals surface area contributed by atoms with Gasteiger partial charge in [0.2, 0.25) is 5.91 Å². The second kappa shape index (κ2) is 5.01. The highest BCUT2D eigenvalue weighted by molar-refractivity contribution is 5.83. The molecule has 4 heteroatoms. The lowest BCUT2D eigenvalue weighted by Crippen LogP contribution is -2.38. The van der Waals surface area contributed by atoms with E-state index in [4.69, 9.17) is 5.73 Å². The molecule has 1 atom stereocenters. The minimum Gasteiger partial charge on any atom is -0.361 e. The summed E-state index contributed by atoms with van der Waals surface area (Å²) >= 11 is 0. The molecule has 0 aliphatic carbocycles. The third-order valence-electron chi connectivity index (χ3n) is 2.79. The van der Waals surface area contributed by atoms with Gasteiger partial charge in [-0.25, -0.2) is 0 Å². The minimum atomic E-state index is -0.114. The predicted molar refractivity (Wildman–Crippen MR) is 68.7 cm³/mol. The van der Waals surface area contributed by atoms with Crippen LogP contribution in [0.2, 0.25) is 0 Å². The fourth-order valence-electron chi connectivity index (χ4n) is 2.02. The average molecular weight is 231 g/mol. The van der Waals surface area contributed by atoms with Crippen molar-refractivity contribution >= 4 is 16.8 Å². The van der Waals surface area contributed by atoms with Crippen LogP contribution in [0.1, 0.15) is 12.5 Å². The Balaban J connectivity index is 2.10. The summed E-state index contributed by atoms with van der Waals surface area (Å²) in [6, 6.07) is 8.23. The van der Waals surface area contributed by atoms with Gasteiger partial charge < -0.3 is 16.0 Å². The number of nitrogens with two attached hydrogens (primary N) is 1. The van der Waals surface area contributed by atoms with E-state index in [2.05, 4.69) is 16.4 Å². The first-order valence-corrected chi connectivity index (χ1v) is 5.75. The molecule has 0 radical (unpaired) electrons. The van der Waals surface area contributed by atoms with Gasteiger partial charge >= 0.3 is 0 Å². The Labute approximate surface area is 100 Å². The third kappa shape index (κ3) is 2.65. The van der Waals surface area contributed by atoms with Gasteiger partial charge in [-0.3, -0.25) is 4.79 Å². The predicted octanol–water partition coefficient (Wildman–Crippen LogP) is 1.17. The molecule has 4 nitrogen and oxygen atoms in total. The Morgan fingerprint density at radius 3 is 3.00 bits per heavy atom. The zero-order chi connectivity index (χ0) is 12.3. The number of fused-ring (bicyclic) bond motifs is 1. The molecule has 0 bridgehead atoms. The maximum atomic E-state index is 11.2. The van der Waals surface area contributed by atoms with Gasteiger partial charge in [-0.15, -0.1) is 0 Å². The van der Waals surface area contributed by atoms with Crippen molar-refractivity contribution in [3.63, 3.8) is 0 Å². The van der Waals surface area contributed by atoms with E-state index >= 15 is 0 Å².